The molecule has 0 spiro atoms. The molecule has 3 aliphatic rings. The number of likely N-dealkylation sites (tertiary alicyclic amines) is 2. The summed E-state index contributed by atoms with van der Waals surface area (Å²) in [6.07, 6.45) is -2.79. The first kappa shape index (κ1) is 97.8. The van der Waals surface area contributed by atoms with E-state index in [4.69, 9.17) is 35.7 Å². The minimum Gasteiger partial charge on any atom is -0.481 e. The summed E-state index contributed by atoms with van der Waals surface area (Å²) in [5.74, 6) is -10.8. The average molecular weight is 1780 g/mol. The molecule has 0 bridgehead atoms. The quantitative estimate of drug-likeness (QED) is 0.00383. The van der Waals surface area contributed by atoms with Gasteiger partial charge in [0, 0.05) is 91.1 Å². The van der Waals surface area contributed by atoms with Crippen LogP contribution in [0.4, 0.5) is 21.0 Å². The maximum absolute atomic E-state index is 15.3. The molecule has 0 radical (unpaired) electrons. The second-order valence-electron chi connectivity index (χ2n) is 31.0. The number of aromatic nitrogens is 1. The van der Waals surface area contributed by atoms with Gasteiger partial charge in [-0.05, 0) is 126 Å². The summed E-state index contributed by atoms with van der Waals surface area (Å²) in [6.45, 7) is 12.5. The maximum Gasteiger partial charge on any atom is 0.411 e. The fourth-order valence-electron chi connectivity index (χ4n) is 12.8. The Morgan fingerprint density at radius 1 is 0.645 bits per heavy atom. The molecule has 11 amide bonds. The van der Waals surface area contributed by atoms with Gasteiger partial charge in [-0.15, -0.1) is 11.8 Å². The van der Waals surface area contributed by atoms with Gasteiger partial charge in [0.15, 0.2) is 12.2 Å². The van der Waals surface area contributed by atoms with E-state index in [0.717, 1.165) is 4.90 Å². The molecule has 3 aliphatic heterocycles. The molecule has 121 heavy (non-hydrogen) atoms. The van der Waals surface area contributed by atoms with E-state index >= 15 is 9.59 Å². The number of alkyl carbamates (subject to hydrolysis) is 1. The van der Waals surface area contributed by atoms with E-state index in [1.165, 1.54) is 71.7 Å². The number of nitrogens with one attached hydrogen (secondary N) is 8. The lowest BCUT2D eigenvalue weighted by Crippen LogP contribution is -2.57. The van der Waals surface area contributed by atoms with E-state index in [2.05, 4.69) is 62.3 Å². The smallest absolute Gasteiger partial charge is 0.411 e. The SMILES string of the molecule is C[C@H](OC(=O)[C@@H]1CCCN1C(=O)[C@H](CSSC(C)(C)C)NC(=O)[C@H](Cc1c[nH]c2ccccc12)OC(=O)[C@H](CCCCN(C)C)NC(=O)CNC(=O)[C@H](CSSC(C)(C)C)NC(=O)OCc1ccc(N=[N+]=[N-])cc1)C(=O)N[C@@H](CCCCNC(=O)[C@@H]1CSCN1C(=O)OCc1ccc(N=[N+]=[N-])cc1)C(=O)N[C@@H](CC(=O)O)C(=O)N1CCC[C@H]1C(N)=O. The van der Waals surface area contributed by atoms with Gasteiger partial charge in [-0.1, -0.05) is 162 Å². The Kier molecular flexibility index (Phi) is 39.1. The minimum absolute atomic E-state index is 0.00496. The predicted molar refractivity (Wildman–Crippen MR) is 459 cm³/mol. The van der Waals surface area contributed by atoms with Gasteiger partial charge >= 0.3 is 30.1 Å². The number of carbonyl (C=O) groups excluding carboxylic acids is 13. The number of aliphatic carboxylic acids is 1. The Labute approximate surface area is 720 Å². The number of primary amides is 1. The van der Waals surface area contributed by atoms with Crippen molar-refractivity contribution in [2.24, 2.45) is 16.0 Å². The van der Waals surface area contributed by atoms with Crippen LogP contribution in [0.5, 0.6) is 0 Å². The zero-order valence-corrected chi connectivity index (χ0v) is 73.0. The second kappa shape index (κ2) is 48.4. The number of fused-ring (bicyclic) bond motifs is 1. The lowest BCUT2D eigenvalue weighted by atomic mass is 10.0. The highest BCUT2D eigenvalue weighted by molar-refractivity contribution is 8.77. The van der Waals surface area contributed by atoms with E-state index in [9.17, 15) is 62.6 Å². The number of nitrogens with zero attached hydrogens (tertiary/aromatic N) is 10. The third kappa shape index (κ3) is 32.6. The highest BCUT2D eigenvalue weighted by atomic mass is 33.1. The van der Waals surface area contributed by atoms with Crippen LogP contribution in [0.25, 0.3) is 31.8 Å². The zero-order valence-electron chi connectivity index (χ0n) is 68.9. The Bertz CT molecular complexity index is 4390. The van der Waals surface area contributed by atoms with Gasteiger partial charge in [0.2, 0.25) is 41.4 Å². The number of H-pyrrole nitrogens is 1. The second-order valence-corrected chi connectivity index (χ2v) is 38.4. The summed E-state index contributed by atoms with van der Waals surface area (Å²) >= 11 is 1.32. The fraction of sp³-hybridized carbons (Fsp3) is 0.564. The molecule has 0 aliphatic carbocycles. The van der Waals surface area contributed by atoms with Crippen LogP contribution in [0.1, 0.15) is 136 Å². The lowest BCUT2D eigenvalue weighted by molar-refractivity contribution is -0.162. The molecule has 43 heteroatoms. The summed E-state index contributed by atoms with van der Waals surface area (Å²) in [4.78, 5) is 209. The largest absolute Gasteiger partial charge is 0.481 e. The van der Waals surface area contributed by atoms with Gasteiger partial charge in [0.25, 0.3) is 11.8 Å². The third-order valence-corrected chi connectivity index (χ3v) is 26.6. The van der Waals surface area contributed by atoms with Crippen molar-refractivity contribution in [3.05, 3.63) is 117 Å². The van der Waals surface area contributed by atoms with Crippen molar-refractivity contribution in [1.29, 1.82) is 0 Å². The number of hydrogen-bond donors (Lipinski definition) is 10. The van der Waals surface area contributed by atoms with Crippen molar-refractivity contribution in [3.63, 3.8) is 0 Å². The van der Waals surface area contributed by atoms with E-state index in [1.807, 2.05) is 60.5 Å². The number of nitrogens with two attached hydrogens (primary N) is 1. The Balaban J connectivity index is 1.06. The molecule has 658 valence electrons. The van der Waals surface area contributed by atoms with Gasteiger partial charge in [0.1, 0.15) is 61.5 Å². The summed E-state index contributed by atoms with van der Waals surface area (Å²) in [5, 5.41) is 36.1. The molecule has 7 rings (SSSR count). The normalized spacial score (nSPS) is 16.9. The Morgan fingerprint density at radius 3 is 1.83 bits per heavy atom. The maximum atomic E-state index is 15.3. The summed E-state index contributed by atoms with van der Waals surface area (Å²) < 4.78 is 22.3. The molecule has 0 unspecified atom stereocenters. The lowest BCUT2D eigenvalue weighted by Gasteiger charge is -2.30. The third-order valence-electron chi connectivity index (χ3n) is 18.9. The molecule has 1 aromatic heterocycles. The van der Waals surface area contributed by atoms with E-state index in [1.54, 1.807) is 79.0 Å². The number of hydrogen-bond acceptors (Lipinski definition) is 26. The molecular weight excluding hydrogens is 1670 g/mol. The van der Waals surface area contributed by atoms with Gasteiger partial charge in [-0.25, -0.2) is 19.2 Å². The van der Waals surface area contributed by atoms with Crippen LogP contribution in [0, 0.1) is 0 Å². The van der Waals surface area contributed by atoms with Crippen molar-refractivity contribution in [2.45, 2.75) is 209 Å². The first-order valence-corrected chi connectivity index (χ1v) is 45.1. The standard InChI is InChI=1S/C78H107N19O19S5/c1-46(66(102)86-54(68(104)87-56(37-64(99)100)71(107)95-34-16-22-59(95)65(79)101)20-12-14-32-82-69(105)61-44-117-45-97(61)76(112)114-41-48-26-30-51(31-27-48)91-93-81)115-74(110)60-23-17-35-96(60)72(108)58(43-119-121-78(5,6)7)88-70(106)62(36-49-38-83-53-19-11-10-18-52(49)53)116-73(109)55(21-13-15-33-94(8)9)85-63(98)39-84-67(103)57(42-118-120-77(2,3)4)89-75(111)113-40-47-24-28-50(29-25-47)90-92-80/h10-11,18-19,24-31,38,46,54-62,83H,12-17,20-23,32-37,39-45H2,1-9H3,(H2,79,101)(H,82,105)(H,84,103)(H,85,98)(H,86,102)(H,87,104)(H,88,106)(H,89,111)(H,99,100)/t46-,54-,55-,56-,57-,58-,59-,60-,61-,62-/m0/s1. The van der Waals surface area contributed by atoms with Gasteiger partial charge in [-0.3, -0.25) is 52.8 Å². The number of unbranched alkanes of at least 4 members (excludes halogenated alkanes) is 2. The highest BCUT2D eigenvalue weighted by Gasteiger charge is 2.44. The molecular formula is C78H107N19O19S5. The first-order chi connectivity index (χ1) is 57.5. The van der Waals surface area contributed by atoms with E-state index in [-0.39, 0.29) is 117 Å². The summed E-state index contributed by atoms with van der Waals surface area (Å²) in [7, 11) is 9.13. The molecule has 10 atom stereocenters. The molecule has 3 fully saturated rings. The van der Waals surface area contributed by atoms with Crippen LogP contribution in [-0.2, 0) is 96.1 Å². The number of amides is 11. The van der Waals surface area contributed by atoms with Crippen LogP contribution in [0.3, 0.4) is 0 Å². The van der Waals surface area contributed by atoms with Crippen LogP contribution >= 0.6 is 54.9 Å². The summed E-state index contributed by atoms with van der Waals surface area (Å²) in [6, 6.07) is 9.10. The summed E-state index contributed by atoms with van der Waals surface area (Å²) in [5.41, 5.74) is 26.2. The number of ether oxygens (including phenoxy) is 4. The number of esters is 2. The fourth-order valence-corrected chi connectivity index (χ4v) is 18.9. The Morgan fingerprint density at radius 2 is 1.21 bits per heavy atom. The number of rotatable bonds is 45. The van der Waals surface area contributed by atoms with Gasteiger partial charge < -0.3 is 86.7 Å². The van der Waals surface area contributed by atoms with Crippen LogP contribution in [0.15, 0.2) is 89.2 Å². The molecule has 38 nitrogen and oxygen atoms in total. The number of carbonyl (C=O) groups is 14. The Hall–Kier alpha value is -10.3. The highest BCUT2D eigenvalue weighted by Crippen LogP contribution is 2.37. The number of thioether (sulfide) groups is 1. The number of carboxylic acids is 1. The van der Waals surface area contributed by atoms with E-state index < -0.39 is 157 Å². The molecule has 0 saturated carbocycles. The average Bonchev–Trinajstić information content (AvgIpc) is 1.68. The molecule has 4 aromatic rings. The number of carboxylic acid groups (broad SMARTS) is 1. The van der Waals surface area contributed by atoms with Crippen LogP contribution in [0.2, 0.25) is 0 Å². The van der Waals surface area contributed by atoms with E-state index in [0.29, 0.717) is 64.8 Å². The van der Waals surface area contributed by atoms with Crippen molar-refractivity contribution >= 4 is 160 Å². The number of benzene rings is 3. The number of azide groups is 2. The predicted octanol–water partition coefficient (Wildman–Crippen LogP) is 7.82. The molecule has 3 aromatic carbocycles. The number of aromatic amines is 1. The van der Waals surface area contributed by atoms with Crippen molar-refractivity contribution in [2.75, 3.05) is 70.0 Å². The number of para-hydroxylation sites is 1. The molecule has 4 heterocycles. The van der Waals surface area contributed by atoms with Crippen LogP contribution < -0.4 is 43.0 Å². The van der Waals surface area contributed by atoms with Crippen LogP contribution in [-0.4, -0.2) is 253 Å². The van der Waals surface area contributed by atoms with Gasteiger partial charge in [-0.2, -0.15) is 0 Å². The molecule has 11 N–H and O–H groups in total. The molecule has 3 saturated heterocycles. The first-order valence-electron chi connectivity index (χ1n) is 39.3. The minimum atomic E-state index is -1.75. The van der Waals surface area contributed by atoms with Crippen molar-refractivity contribution in [1.82, 2.24) is 61.8 Å². The topological polar surface area (TPSA) is 533 Å². The van der Waals surface area contributed by atoms with Crippen molar-refractivity contribution < 1.29 is 91.2 Å². The zero-order chi connectivity index (χ0) is 88.5. The van der Waals surface area contributed by atoms with Crippen molar-refractivity contribution in [3.8, 4) is 0 Å². The monoisotopic (exact) mass is 1770 g/mol. The van der Waals surface area contributed by atoms with Gasteiger partial charge in [0.05, 0.1) is 18.8 Å².